The summed E-state index contributed by atoms with van der Waals surface area (Å²) in [5.74, 6) is 0. The van der Waals surface area contributed by atoms with Gasteiger partial charge in [0.25, 0.3) is 0 Å². The van der Waals surface area contributed by atoms with Gasteiger partial charge in [0.05, 0.1) is 5.69 Å². The second-order valence-corrected chi connectivity index (χ2v) is 7.29. The summed E-state index contributed by atoms with van der Waals surface area (Å²) in [7, 11) is 0. The van der Waals surface area contributed by atoms with E-state index in [1.54, 1.807) is 11.3 Å². The fourth-order valence-corrected chi connectivity index (χ4v) is 3.86. The van der Waals surface area contributed by atoms with Gasteiger partial charge in [-0.3, -0.25) is 0 Å². The molecule has 4 heteroatoms. The molecule has 0 saturated carbocycles. The minimum absolute atomic E-state index is 0.650. The van der Waals surface area contributed by atoms with Crippen LogP contribution in [-0.2, 0) is 6.54 Å². The topological polar surface area (TPSA) is 28.2 Å². The maximum Gasteiger partial charge on any atom is 0.107 e. The normalized spacial score (nSPS) is 16.7. The van der Waals surface area contributed by atoms with E-state index in [4.69, 9.17) is 4.98 Å². The number of benzene rings is 1. The first-order valence-electron chi connectivity index (χ1n) is 8.80. The standard InChI is InChI=1S/C19H27N3S/c1-2-3-11-22-12-9-17(10-13-22)20-14-19-21-18(15-23-19)16-7-5-4-6-8-16/h4-8,15,17,20H,2-3,9-14H2,1H3. The highest BCUT2D eigenvalue weighted by Gasteiger charge is 2.18. The van der Waals surface area contributed by atoms with E-state index in [0.717, 1.165) is 12.2 Å². The number of hydrogen-bond acceptors (Lipinski definition) is 4. The van der Waals surface area contributed by atoms with Crippen molar-refractivity contribution >= 4 is 11.3 Å². The third-order valence-electron chi connectivity index (χ3n) is 4.58. The Morgan fingerprint density at radius 2 is 2.00 bits per heavy atom. The van der Waals surface area contributed by atoms with Gasteiger partial charge in [-0.15, -0.1) is 11.3 Å². The first-order valence-corrected chi connectivity index (χ1v) is 9.68. The van der Waals surface area contributed by atoms with Crippen molar-refractivity contribution in [3.8, 4) is 11.3 Å². The maximum absolute atomic E-state index is 4.77. The second-order valence-electron chi connectivity index (χ2n) is 6.34. The van der Waals surface area contributed by atoms with Gasteiger partial charge in [-0.2, -0.15) is 0 Å². The van der Waals surface area contributed by atoms with Crippen LogP contribution in [0, 0.1) is 0 Å². The molecule has 0 aliphatic carbocycles. The average molecular weight is 330 g/mol. The van der Waals surface area contributed by atoms with Crippen LogP contribution in [0.2, 0.25) is 0 Å². The van der Waals surface area contributed by atoms with Crippen LogP contribution >= 0.6 is 11.3 Å². The Morgan fingerprint density at radius 1 is 1.22 bits per heavy atom. The van der Waals surface area contributed by atoms with E-state index in [1.165, 1.54) is 55.9 Å². The molecule has 0 unspecified atom stereocenters. The van der Waals surface area contributed by atoms with Gasteiger partial charge in [0.1, 0.15) is 5.01 Å². The molecule has 0 radical (unpaired) electrons. The van der Waals surface area contributed by atoms with Crippen LogP contribution in [0.15, 0.2) is 35.7 Å². The molecular weight excluding hydrogens is 302 g/mol. The van der Waals surface area contributed by atoms with Crippen molar-refractivity contribution in [3.63, 3.8) is 0 Å². The lowest BCUT2D eigenvalue weighted by molar-refractivity contribution is 0.195. The molecule has 1 saturated heterocycles. The van der Waals surface area contributed by atoms with E-state index >= 15 is 0 Å². The predicted octanol–water partition coefficient (Wildman–Crippen LogP) is 4.16. The van der Waals surface area contributed by atoms with Crippen LogP contribution in [-0.4, -0.2) is 35.6 Å². The molecule has 0 spiro atoms. The van der Waals surface area contributed by atoms with E-state index < -0.39 is 0 Å². The number of nitrogens with one attached hydrogen (secondary N) is 1. The number of thiazole rings is 1. The number of aromatic nitrogens is 1. The van der Waals surface area contributed by atoms with Gasteiger partial charge in [-0.1, -0.05) is 43.7 Å². The quantitative estimate of drug-likeness (QED) is 0.826. The summed E-state index contributed by atoms with van der Waals surface area (Å²) in [5, 5.41) is 7.06. The molecule has 124 valence electrons. The Hall–Kier alpha value is -1.23. The molecule has 1 aromatic heterocycles. The van der Waals surface area contributed by atoms with Gasteiger partial charge in [0.15, 0.2) is 0 Å². The molecule has 1 fully saturated rings. The van der Waals surface area contributed by atoms with Crippen LogP contribution in [0.4, 0.5) is 0 Å². The largest absolute Gasteiger partial charge is 0.308 e. The number of hydrogen-bond donors (Lipinski definition) is 1. The molecule has 0 bridgehead atoms. The number of unbranched alkanes of at least 4 members (excludes halogenated alkanes) is 1. The van der Waals surface area contributed by atoms with Crippen molar-refractivity contribution in [3.05, 3.63) is 40.7 Å². The molecule has 2 heterocycles. The van der Waals surface area contributed by atoms with Gasteiger partial charge in [0.2, 0.25) is 0 Å². The summed E-state index contributed by atoms with van der Waals surface area (Å²) < 4.78 is 0. The number of rotatable bonds is 7. The molecule has 0 atom stereocenters. The molecule has 0 amide bonds. The van der Waals surface area contributed by atoms with Crippen molar-refractivity contribution in [2.75, 3.05) is 19.6 Å². The summed E-state index contributed by atoms with van der Waals surface area (Å²) in [6, 6.07) is 11.1. The lowest BCUT2D eigenvalue weighted by Gasteiger charge is -2.32. The highest BCUT2D eigenvalue weighted by atomic mass is 32.1. The van der Waals surface area contributed by atoms with E-state index in [9.17, 15) is 0 Å². The predicted molar refractivity (Wildman–Crippen MR) is 98.8 cm³/mol. The van der Waals surface area contributed by atoms with E-state index in [2.05, 4.69) is 46.8 Å². The molecular formula is C19H27N3S. The monoisotopic (exact) mass is 329 g/mol. The Bertz CT molecular complexity index is 573. The highest BCUT2D eigenvalue weighted by molar-refractivity contribution is 7.09. The zero-order valence-corrected chi connectivity index (χ0v) is 14.8. The highest BCUT2D eigenvalue weighted by Crippen LogP contribution is 2.21. The van der Waals surface area contributed by atoms with E-state index in [-0.39, 0.29) is 0 Å². The Labute approximate surface area is 143 Å². The number of likely N-dealkylation sites (tertiary alicyclic amines) is 1. The summed E-state index contributed by atoms with van der Waals surface area (Å²) in [6.07, 6.45) is 5.16. The Kier molecular flexibility index (Phi) is 6.20. The molecule has 1 aromatic carbocycles. The molecule has 1 aliphatic rings. The van der Waals surface area contributed by atoms with Crippen LogP contribution in [0.25, 0.3) is 11.3 Å². The first kappa shape index (κ1) is 16.6. The van der Waals surface area contributed by atoms with Gasteiger partial charge < -0.3 is 10.2 Å². The van der Waals surface area contributed by atoms with E-state index in [0.29, 0.717) is 6.04 Å². The fourth-order valence-electron chi connectivity index (χ4n) is 3.11. The zero-order chi connectivity index (χ0) is 15.9. The minimum Gasteiger partial charge on any atom is -0.308 e. The fraction of sp³-hybridized carbons (Fsp3) is 0.526. The third kappa shape index (κ3) is 4.87. The maximum atomic E-state index is 4.77. The average Bonchev–Trinajstić information content (AvgIpc) is 3.09. The molecule has 1 aliphatic heterocycles. The first-order chi connectivity index (χ1) is 11.3. The third-order valence-corrected chi connectivity index (χ3v) is 5.43. The second kappa shape index (κ2) is 8.57. The summed E-state index contributed by atoms with van der Waals surface area (Å²) in [6.45, 7) is 6.93. The van der Waals surface area contributed by atoms with Crippen molar-refractivity contribution in [2.45, 2.75) is 45.2 Å². The van der Waals surface area contributed by atoms with E-state index in [1.807, 2.05) is 6.07 Å². The molecule has 2 aromatic rings. The van der Waals surface area contributed by atoms with Gasteiger partial charge in [-0.05, 0) is 38.9 Å². The van der Waals surface area contributed by atoms with Crippen LogP contribution in [0.3, 0.4) is 0 Å². The molecule has 23 heavy (non-hydrogen) atoms. The van der Waals surface area contributed by atoms with Gasteiger partial charge in [0, 0.05) is 23.5 Å². The van der Waals surface area contributed by atoms with Crippen molar-refractivity contribution in [1.29, 1.82) is 0 Å². The van der Waals surface area contributed by atoms with Gasteiger partial charge >= 0.3 is 0 Å². The zero-order valence-electron chi connectivity index (χ0n) is 14.0. The summed E-state index contributed by atoms with van der Waals surface area (Å²) in [4.78, 5) is 7.38. The Morgan fingerprint density at radius 3 is 2.74 bits per heavy atom. The smallest absolute Gasteiger partial charge is 0.107 e. The lowest BCUT2D eigenvalue weighted by Crippen LogP contribution is -2.42. The van der Waals surface area contributed by atoms with Gasteiger partial charge in [-0.25, -0.2) is 4.98 Å². The molecule has 1 N–H and O–H groups in total. The molecule has 3 rings (SSSR count). The summed E-state index contributed by atoms with van der Waals surface area (Å²) >= 11 is 1.76. The van der Waals surface area contributed by atoms with Crippen molar-refractivity contribution < 1.29 is 0 Å². The van der Waals surface area contributed by atoms with Crippen molar-refractivity contribution in [2.24, 2.45) is 0 Å². The SMILES string of the molecule is CCCCN1CCC(NCc2nc(-c3ccccc3)cs2)CC1. The lowest BCUT2D eigenvalue weighted by atomic mass is 10.0. The number of piperidine rings is 1. The molecule has 3 nitrogen and oxygen atoms in total. The van der Waals surface area contributed by atoms with Crippen LogP contribution in [0.1, 0.15) is 37.6 Å². The minimum atomic E-state index is 0.650. The summed E-state index contributed by atoms with van der Waals surface area (Å²) in [5.41, 5.74) is 2.31. The van der Waals surface area contributed by atoms with Crippen LogP contribution < -0.4 is 5.32 Å². The number of nitrogens with zero attached hydrogens (tertiary/aromatic N) is 2. The van der Waals surface area contributed by atoms with Crippen LogP contribution in [0.5, 0.6) is 0 Å². The Balaban J connectivity index is 1.44. The van der Waals surface area contributed by atoms with Crippen molar-refractivity contribution in [1.82, 2.24) is 15.2 Å².